The van der Waals surface area contributed by atoms with Crippen LogP contribution in [-0.2, 0) is 0 Å². The third-order valence-corrected chi connectivity index (χ3v) is 5.94. The van der Waals surface area contributed by atoms with E-state index in [-0.39, 0.29) is 0 Å². The van der Waals surface area contributed by atoms with E-state index < -0.39 is 8.38 Å². The fourth-order valence-electron chi connectivity index (χ4n) is 3.04. The Labute approximate surface area is 184 Å². The average molecular weight is 442 g/mol. The molecule has 7 heteroatoms. The van der Waals surface area contributed by atoms with Gasteiger partial charge in [0.1, 0.15) is 0 Å². The number of hydrogen-bond donors (Lipinski definition) is 0. The van der Waals surface area contributed by atoms with Crippen molar-refractivity contribution in [3.63, 3.8) is 0 Å². The third kappa shape index (κ3) is 5.15. The van der Waals surface area contributed by atoms with Crippen LogP contribution in [-0.4, -0.2) is 28.4 Å². The quantitative estimate of drug-likeness (QED) is 0.412. The lowest BCUT2D eigenvalue weighted by atomic mass is 10.2. The molecule has 0 amide bonds. The third-order valence-electron chi connectivity index (χ3n) is 4.53. The predicted octanol–water partition coefficient (Wildman–Crippen LogP) is 5.43. The van der Waals surface area contributed by atoms with Gasteiger partial charge in [-0.25, -0.2) is 0 Å². The van der Waals surface area contributed by atoms with Crippen LogP contribution in [0.2, 0.25) is 0 Å². The van der Waals surface area contributed by atoms with Gasteiger partial charge in [0, 0.05) is 0 Å². The highest BCUT2D eigenvalue weighted by Crippen LogP contribution is 2.51. The van der Waals surface area contributed by atoms with Crippen molar-refractivity contribution in [2.24, 2.45) is 0 Å². The maximum atomic E-state index is 6.41. The molecule has 0 heterocycles. The molecule has 3 aromatic carbocycles. The topological polar surface area (TPSA) is 55.4 Å². The highest BCUT2D eigenvalue weighted by Gasteiger charge is 2.26. The maximum absolute atomic E-state index is 6.41. The molecule has 0 aliphatic carbocycles. The van der Waals surface area contributed by atoms with Crippen molar-refractivity contribution in [1.29, 1.82) is 0 Å². The fourth-order valence-corrected chi connectivity index (χ4v) is 4.40. The van der Waals surface area contributed by atoms with Gasteiger partial charge < -0.3 is 28.0 Å². The smallest absolute Gasteiger partial charge is 0.326 e. The second-order valence-electron chi connectivity index (χ2n) is 6.77. The largest absolute Gasteiger partial charge is 0.493 e. The Morgan fingerprint density at radius 1 is 0.548 bits per heavy atom. The molecule has 0 aliphatic heterocycles. The van der Waals surface area contributed by atoms with E-state index in [4.69, 9.17) is 28.0 Å². The van der Waals surface area contributed by atoms with Crippen LogP contribution in [0.1, 0.15) is 11.1 Å². The van der Waals surface area contributed by atoms with Gasteiger partial charge in [0.05, 0.1) is 33.7 Å². The molecule has 0 N–H and O–H groups in total. The fraction of sp³-hybridized carbons (Fsp3) is 0.250. The van der Waals surface area contributed by atoms with Crippen molar-refractivity contribution in [1.82, 2.24) is 0 Å². The van der Waals surface area contributed by atoms with Crippen LogP contribution in [0.5, 0.6) is 34.5 Å². The van der Waals surface area contributed by atoms with Crippen molar-refractivity contribution in [2.45, 2.75) is 13.8 Å². The monoisotopic (exact) mass is 442 g/mol. The Morgan fingerprint density at radius 2 is 0.903 bits per heavy atom. The van der Waals surface area contributed by atoms with Gasteiger partial charge in [0.15, 0.2) is 23.0 Å². The molecule has 6 nitrogen and oxygen atoms in total. The molecule has 31 heavy (non-hydrogen) atoms. The summed E-state index contributed by atoms with van der Waals surface area (Å²) in [5.74, 6) is 3.18. The number of ether oxygens (including phenoxy) is 4. The minimum absolute atomic E-state index is 0.468. The highest BCUT2D eigenvalue weighted by molar-refractivity contribution is 7.56. The van der Waals surface area contributed by atoms with Crippen LogP contribution < -0.4 is 33.3 Å². The first-order valence-corrected chi connectivity index (χ1v) is 10.8. The second kappa shape index (κ2) is 10.3. The molecule has 0 spiro atoms. The zero-order chi connectivity index (χ0) is 22.4. The van der Waals surface area contributed by atoms with E-state index >= 15 is 0 Å². The van der Waals surface area contributed by atoms with Crippen LogP contribution in [0.15, 0.2) is 54.6 Å². The van der Waals surface area contributed by atoms with Gasteiger partial charge >= 0.3 is 8.38 Å². The summed E-state index contributed by atoms with van der Waals surface area (Å²) in [7, 11) is 4.75. The molecule has 164 valence electrons. The Hall–Kier alpha value is -3.11. The first-order chi connectivity index (χ1) is 15.0. The van der Waals surface area contributed by atoms with Crippen LogP contribution >= 0.6 is 8.38 Å². The normalized spacial score (nSPS) is 10.5. The second-order valence-corrected chi connectivity index (χ2v) is 8.17. The zero-order valence-corrected chi connectivity index (χ0v) is 19.5. The molecule has 0 saturated heterocycles. The van der Waals surface area contributed by atoms with E-state index in [0.29, 0.717) is 34.5 Å². The van der Waals surface area contributed by atoms with E-state index in [2.05, 4.69) is 0 Å². The number of methoxy groups -OCH3 is 4. The summed E-state index contributed by atoms with van der Waals surface area (Å²) in [6.45, 7) is 3.93. The van der Waals surface area contributed by atoms with Crippen LogP contribution in [0.4, 0.5) is 0 Å². The van der Waals surface area contributed by atoms with E-state index in [1.807, 2.05) is 68.4 Å². The lowest BCUT2D eigenvalue weighted by molar-refractivity contribution is 0.348. The molecule has 0 saturated carbocycles. The van der Waals surface area contributed by atoms with E-state index in [9.17, 15) is 0 Å². The first-order valence-electron chi connectivity index (χ1n) is 9.67. The summed E-state index contributed by atoms with van der Waals surface area (Å²) in [6, 6.07) is 17.3. The molecule has 0 atom stereocenters. The van der Waals surface area contributed by atoms with E-state index in [1.165, 1.54) is 0 Å². The lowest BCUT2D eigenvalue weighted by Gasteiger charge is -2.23. The van der Waals surface area contributed by atoms with Gasteiger partial charge in [-0.05, 0) is 61.4 Å². The Balaban J connectivity index is 2.09. The number of benzene rings is 3. The summed E-state index contributed by atoms with van der Waals surface area (Å²) in [5, 5.41) is 0.867. The van der Waals surface area contributed by atoms with Gasteiger partial charge in [0.25, 0.3) is 0 Å². The molecule has 0 aromatic heterocycles. The summed E-state index contributed by atoms with van der Waals surface area (Å²) in [5.41, 5.74) is 1.99. The van der Waals surface area contributed by atoms with Gasteiger partial charge in [-0.15, -0.1) is 0 Å². The van der Waals surface area contributed by atoms with Crippen molar-refractivity contribution >= 4 is 13.7 Å². The molecule has 0 fully saturated rings. The standard InChI is InChI=1S/C24H27O6P/c1-16-12-19(25-3)23(20(13-16)26-4)29-31(18-10-8-7-9-11-18)30-24-21(27-5)14-17(2)15-22(24)28-6/h7-15H,1-6H3. The molecule has 0 radical (unpaired) electrons. The van der Waals surface area contributed by atoms with Gasteiger partial charge in [-0.1, -0.05) is 18.2 Å². The van der Waals surface area contributed by atoms with Crippen molar-refractivity contribution in [2.75, 3.05) is 28.4 Å². The van der Waals surface area contributed by atoms with Crippen molar-refractivity contribution < 1.29 is 28.0 Å². The summed E-state index contributed by atoms with van der Waals surface area (Å²) in [6.07, 6.45) is 0. The number of aryl methyl sites for hydroxylation is 2. The number of rotatable bonds is 9. The Bertz CT molecular complexity index is 908. The minimum Gasteiger partial charge on any atom is -0.493 e. The maximum Gasteiger partial charge on any atom is 0.326 e. The van der Waals surface area contributed by atoms with E-state index in [1.54, 1.807) is 28.4 Å². The summed E-state index contributed by atoms with van der Waals surface area (Å²) < 4.78 is 35.1. The SMILES string of the molecule is COc1cc(C)cc(OC)c1OP(Oc1c(OC)cc(C)cc1OC)c1ccccc1. The first kappa shape index (κ1) is 22.6. The molecular weight excluding hydrogens is 415 g/mol. The molecule has 3 aromatic rings. The lowest BCUT2D eigenvalue weighted by Crippen LogP contribution is -2.11. The predicted molar refractivity (Wildman–Crippen MR) is 123 cm³/mol. The van der Waals surface area contributed by atoms with Gasteiger partial charge in [-0.2, -0.15) is 0 Å². The Morgan fingerprint density at radius 3 is 1.23 bits per heavy atom. The van der Waals surface area contributed by atoms with Crippen molar-refractivity contribution in [3.05, 3.63) is 65.7 Å². The molecule has 0 unspecified atom stereocenters. The zero-order valence-electron chi connectivity index (χ0n) is 18.6. The van der Waals surface area contributed by atoms with Crippen LogP contribution in [0.25, 0.3) is 0 Å². The summed E-state index contributed by atoms with van der Waals surface area (Å²) >= 11 is 0. The van der Waals surface area contributed by atoms with Crippen LogP contribution in [0.3, 0.4) is 0 Å². The summed E-state index contributed by atoms with van der Waals surface area (Å²) in [4.78, 5) is 0. The minimum atomic E-state index is -1.64. The van der Waals surface area contributed by atoms with E-state index in [0.717, 1.165) is 16.4 Å². The molecular formula is C24H27O6P. The average Bonchev–Trinajstić information content (AvgIpc) is 2.80. The molecule has 0 aliphatic rings. The van der Waals surface area contributed by atoms with Crippen LogP contribution in [0, 0.1) is 13.8 Å². The number of hydrogen-bond acceptors (Lipinski definition) is 6. The van der Waals surface area contributed by atoms with Crippen molar-refractivity contribution in [3.8, 4) is 34.5 Å². The van der Waals surface area contributed by atoms with Gasteiger partial charge in [0.2, 0.25) is 11.5 Å². The molecule has 0 bridgehead atoms. The highest BCUT2D eigenvalue weighted by atomic mass is 31.2. The molecule has 3 rings (SSSR count). The van der Waals surface area contributed by atoms with Gasteiger partial charge in [-0.3, -0.25) is 0 Å². The Kier molecular flexibility index (Phi) is 7.48.